The Morgan fingerprint density at radius 3 is 2.85 bits per heavy atom. The number of fused-ring (bicyclic) bond motifs is 3. The summed E-state index contributed by atoms with van der Waals surface area (Å²) >= 11 is 0. The van der Waals surface area contributed by atoms with Gasteiger partial charge in [-0.25, -0.2) is 13.8 Å². The third kappa shape index (κ3) is 2.80. The van der Waals surface area contributed by atoms with Gasteiger partial charge in [0.1, 0.15) is 11.6 Å². The van der Waals surface area contributed by atoms with Crippen LogP contribution in [0.15, 0.2) is 30.6 Å². The van der Waals surface area contributed by atoms with E-state index in [-0.39, 0.29) is 17.8 Å². The molecule has 0 amide bonds. The van der Waals surface area contributed by atoms with Crippen LogP contribution in [0.25, 0.3) is 5.65 Å². The summed E-state index contributed by atoms with van der Waals surface area (Å²) in [5, 5.41) is 8.71. The minimum atomic E-state index is -0.417. The van der Waals surface area contributed by atoms with Crippen LogP contribution in [-0.2, 0) is 13.1 Å². The van der Waals surface area contributed by atoms with E-state index in [0.29, 0.717) is 11.6 Å². The van der Waals surface area contributed by atoms with E-state index in [9.17, 15) is 8.78 Å². The molecule has 140 valence electrons. The summed E-state index contributed by atoms with van der Waals surface area (Å²) in [6.07, 6.45) is 5.69. The fourth-order valence-electron chi connectivity index (χ4n) is 4.58. The van der Waals surface area contributed by atoms with Crippen LogP contribution < -0.4 is 5.73 Å². The van der Waals surface area contributed by atoms with Gasteiger partial charge < -0.3 is 5.73 Å². The van der Waals surface area contributed by atoms with Crippen LogP contribution >= 0.6 is 0 Å². The average Bonchev–Trinajstić information content (AvgIpc) is 3.22. The van der Waals surface area contributed by atoms with Gasteiger partial charge in [0.15, 0.2) is 5.65 Å². The van der Waals surface area contributed by atoms with Crippen molar-refractivity contribution in [3.05, 3.63) is 59.0 Å². The molecule has 0 unspecified atom stereocenters. The van der Waals surface area contributed by atoms with Crippen molar-refractivity contribution < 1.29 is 8.78 Å². The van der Waals surface area contributed by atoms with E-state index in [1.165, 1.54) is 12.1 Å². The Morgan fingerprint density at radius 1 is 1.11 bits per heavy atom. The number of aromatic nitrogens is 4. The Balaban J connectivity index is 1.32. The molecule has 27 heavy (non-hydrogen) atoms. The Hall–Kier alpha value is -2.45. The zero-order chi connectivity index (χ0) is 18.5. The van der Waals surface area contributed by atoms with Crippen LogP contribution in [0.3, 0.4) is 0 Å². The van der Waals surface area contributed by atoms with Gasteiger partial charge in [-0.1, -0.05) is 0 Å². The lowest BCUT2D eigenvalue weighted by atomic mass is 9.77. The maximum absolute atomic E-state index is 14.2. The van der Waals surface area contributed by atoms with E-state index < -0.39 is 5.82 Å². The van der Waals surface area contributed by atoms with Crippen molar-refractivity contribution in [2.75, 3.05) is 0 Å². The third-order valence-electron chi connectivity index (χ3n) is 5.92. The highest BCUT2D eigenvalue weighted by Gasteiger charge is 2.37. The molecule has 3 heterocycles. The molecule has 0 radical (unpaired) electrons. The molecule has 0 spiro atoms. The molecule has 1 fully saturated rings. The van der Waals surface area contributed by atoms with E-state index in [4.69, 9.17) is 5.73 Å². The second-order valence-corrected chi connectivity index (χ2v) is 7.49. The first-order chi connectivity index (χ1) is 13.1. The molecule has 6 nitrogen and oxygen atoms in total. The van der Waals surface area contributed by atoms with Crippen LogP contribution in [0, 0.1) is 11.6 Å². The number of rotatable bonds is 2. The van der Waals surface area contributed by atoms with Crippen molar-refractivity contribution in [1.82, 2.24) is 24.7 Å². The number of hydrogen-bond donors (Lipinski definition) is 1. The second-order valence-electron chi connectivity index (χ2n) is 7.49. The molecule has 2 N–H and O–H groups in total. The average molecular weight is 370 g/mol. The van der Waals surface area contributed by atoms with Crippen molar-refractivity contribution in [3.63, 3.8) is 0 Å². The SMILES string of the molecule is N[C@H]1C[C@@H](N2Cc3nn4nccnc4c3C2)CC[C@@H]1c1cc(F)ccc1F. The molecule has 1 aliphatic carbocycles. The van der Waals surface area contributed by atoms with Crippen molar-refractivity contribution in [2.45, 2.75) is 50.4 Å². The van der Waals surface area contributed by atoms with Gasteiger partial charge in [-0.15, -0.1) is 4.63 Å². The molecule has 2 aliphatic rings. The van der Waals surface area contributed by atoms with Gasteiger partial charge in [-0.2, -0.15) is 10.2 Å². The molecule has 0 bridgehead atoms. The van der Waals surface area contributed by atoms with Crippen LogP contribution in [0.1, 0.15) is 42.0 Å². The number of hydrogen-bond acceptors (Lipinski definition) is 5. The largest absolute Gasteiger partial charge is 0.327 e. The van der Waals surface area contributed by atoms with Gasteiger partial charge in [-0.3, -0.25) is 4.90 Å². The molecule has 8 heteroatoms. The van der Waals surface area contributed by atoms with Crippen molar-refractivity contribution in [2.24, 2.45) is 5.73 Å². The summed E-state index contributed by atoms with van der Waals surface area (Å²) in [6.45, 7) is 1.52. The molecule has 3 atom stereocenters. The Bertz CT molecular complexity index is 1000. The lowest BCUT2D eigenvalue weighted by Crippen LogP contribution is -2.44. The van der Waals surface area contributed by atoms with Gasteiger partial charge in [0, 0.05) is 42.9 Å². The van der Waals surface area contributed by atoms with Crippen molar-refractivity contribution in [1.29, 1.82) is 0 Å². The summed E-state index contributed by atoms with van der Waals surface area (Å²) in [5.41, 5.74) is 9.73. The van der Waals surface area contributed by atoms with E-state index in [0.717, 1.165) is 55.3 Å². The topological polar surface area (TPSA) is 72.3 Å². The number of nitrogens with zero attached hydrogens (tertiary/aromatic N) is 5. The van der Waals surface area contributed by atoms with Crippen LogP contribution in [-0.4, -0.2) is 36.8 Å². The third-order valence-corrected chi connectivity index (χ3v) is 5.92. The van der Waals surface area contributed by atoms with Crippen molar-refractivity contribution in [3.8, 4) is 0 Å². The summed E-state index contributed by atoms with van der Waals surface area (Å²) in [5.74, 6) is -0.936. The molecular formula is C19H20F2N6. The fraction of sp³-hybridized carbons (Fsp3) is 0.421. The summed E-state index contributed by atoms with van der Waals surface area (Å²) in [4.78, 5) is 6.75. The Morgan fingerprint density at radius 2 is 2.00 bits per heavy atom. The van der Waals surface area contributed by atoms with Crippen LogP contribution in [0.2, 0.25) is 0 Å². The standard InChI is InChI=1S/C19H20F2N6/c20-11-1-4-16(21)14(7-11)13-3-2-12(8-17(13)22)26-9-15-18(10-26)25-27-19(15)23-5-6-24-27/h1,4-7,12-13,17H,2-3,8-10,22H2/t12-,13+,17-/m0/s1. The Kier molecular flexibility index (Phi) is 3.91. The highest BCUT2D eigenvalue weighted by atomic mass is 19.1. The van der Waals surface area contributed by atoms with E-state index in [2.05, 4.69) is 20.1 Å². The van der Waals surface area contributed by atoms with Crippen LogP contribution in [0.5, 0.6) is 0 Å². The smallest absolute Gasteiger partial charge is 0.180 e. The van der Waals surface area contributed by atoms with E-state index >= 15 is 0 Å². The normalized spacial score (nSPS) is 25.8. The molecular weight excluding hydrogens is 350 g/mol. The zero-order valence-electron chi connectivity index (χ0n) is 14.7. The Labute approximate surface area is 155 Å². The fourth-order valence-corrected chi connectivity index (χ4v) is 4.58. The van der Waals surface area contributed by atoms with Gasteiger partial charge in [0.2, 0.25) is 0 Å². The molecule has 1 saturated carbocycles. The lowest BCUT2D eigenvalue weighted by Gasteiger charge is -2.38. The second kappa shape index (κ2) is 6.31. The maximum atomic E-state index is 14.2. The zero-order valence-corrected chi connectivity index (χ0v) is 14.7. The number of halogens is 2. The minimum absolute atomic E-state index is 0.147. The molecule has 3 aromatic rings. The predicted molar refractivity (Wildman–Crippen MR) is 94.7 cm³/mol. The first-order valence-electron chi connectivity index (χ1n) is 9.22. The highest BCUT2D eigenvalue weighted by molar-refractivity contribution is 5.50. The summed E-state index contributed by atoms with van der Waals surface area (Å²) in [7, 11) is 0. The quantitative estimate of drug-likeness (QED) is 0.750. The lowest BCUT2D eigenvalue weighted by molar-refractivity contribution is 0.136. The number of benzene rings is 1. The molecule has 0 saturated heterocycles. The number of nitrogens with two attached hydrogens (primary N) is 1. The highest BCUT2D eigenvalue weighted by Crippen LogP contribution is 2.38. The van der Waals surface area contributed by atoms with Crippen LogP contribution in [0.4, 0.5) is 8.78 Å². The first kappa shape index (κ1) is 16.7. The minimum Gasteiger partial charge on any atom is -0.327 e. The van der Waals surface area contributed by atoms with Gasteiger partial charge >= 0.3 is 0 Å². The van der Waals surface area contributed by atoms with Crippen molar-refractivity contribution >= 4 is 5.65 Å². The molecule has 2 aromatic heterocycles. The van der Waals surface area contributed by atoms with Gasteiger partial charge in [0.25, 0.3) is 0 Å². The first-order valence-corrected chi connectivity index (χ1v) is 9.22. The van der Waals surface area contributed by atoms with Gasteiger partial charge in [-0.05, 0) is 43.0 Å². The summed E-state index contributed by atoms with van der Waals surface area (Å²) in [6, 6.07) is 3.73. The summed E-state index contributed by atoms with van der Waals surface area (Å²) < 4.78 is 29.3. The molecule has 1 aromatic carbocycles. The van der Waals surface area contributed by atoms with Gasteiger partial charge in [0.05, 0.1) is 11.9 Å². The predicted octanol–water partition coefficient (Wildman–Crippen LogP) is 2.38. The van der Waals surface area contributed by atoms with E-state index in [1.807, 2.05) is 0 Å². The van der Waals surface area contributed by atoms with E-state index in [1.54, 1.807) is 17.0 Å². The maximum Gasteiger partial charge on any atom is 0.180 e. The molecule has 5 rings (SSSR count). The monoisotopic (exact) mass is 370 g/mol. The molecule has 1 aliphatic heterocycles.